The number of hydrogen-bond acceptors (Lipinski definition) is 3. The first-order valence-corrected chi connectivity index (χ1v) is 7.67. The zero-order valence-electron chi connectivity index (χ0n) is 12.3. The second-order valence-electron chi connectivity index (χ2n) is 5.55. The molecule has 1 saturated carbocycles. The number of hydrogen-bond donors (Lipinski definition) is 0. The Hall–Kier alpha value is -1.53. The molecule has 0 N–H and O–H groups in total. The maximum Gasteiger partial charge on any atom is 0.137 e. The van der Waals surface area contributed by atoms with E-state index in [-0.39, 0.29) is 0 Å². The summed E-state index contributed by atoms with van der Waals surface area (Å²) < 4.78 is 5.73. The van der Waals surface area contributed by atoms with E-state index < -0.39 is 0 Å². The molecular weight excluding hydrogens is 248 g/mol. The minimum absolute atomic E-state index is 0.621. The SMILES string of the molecule is CCCN(CCCOc1ccccc1C#N)CC1CC1. The molecule has 0 bridgehead atoms. The van der Waals surface area contributed by atoms with Crippen LogP contribution in [0, 0.1) is 17.2 Å². The average molecular weight is 272 g/mol. The van der Waals surface area contributed by atoms with Crippen LogP contribution >= 0.6 is 0 Å². The maximum atomic E-state index is 9.00. The molecule has 1 aromatic rings. The van der Waals surface area contributed by atoms with Gasteiger partial charge in [-0.05, 0) is 50.3 Å². The van der Waals surface area contributed by atoms with E-state index in [1.807, 2.05) is 18.2 Å². The Morgan fingerprint density at radius 3 is 2.80 bits per heavy atom. The van der Waals surface area contributed by atoms with Crippen molar-refractivity contribution in [2.75, 3.05) is 26.2 Å². The molecule has 1 aromatic carbocycles. The van der Waals surface area contributed by atoms with E-state index in [0.29, 0.717) is 17.9 Å². The van der Waals surface area contributed by atoms with Crippen LogP contribution in [0.15, 0.2) is 24.3 Å². The highest BCUT2D eigenvalue weighted by Gasteiger charge is 2.23. The number of rotatable bonds is 9. The molecule has 0 saturated heterocycles. The molecule has 0 spiro atoms. The third-order valence-electron chi connectivity index (χ3n) is 3.64. The highest BCUT2D eigenvalue weighted by molar-refractivity contribution is 5.42. The van der Waals surface area contributed by atoms with Crippen molar-refractivity contribution in [3.05, 3.63) is 29.8 Å². The summed E-state index contributed by atoms with van der Waals surface area (Å²) in [5, 5.41) is 9.00. The summed E-state index contributed by atoms with van der Waals surface area (Å²) in [5.41, 5.74) is 0.621. The molecular formula is C17H24N2O. The highest BCUT2D eigenvalue weighted by Crippen LogP contribution is 2.29. The number of ether oxygens (including phenoxy) is 1. The van der Waals surface area contributed by atoms with E-state index in [1.165, 1.54) is 32.4 Å². The lowest BCUT2D eigenvalue weighted by Crippen LogP contribution is -2.29. The minimum atomic E-state index is 0.621. The van der Waals surface area contributed by atoms with Crippen LogP contribution in [0.4, 0.5) is 0 Å². The predicted molar refractivity (Wildman–Crippen MR) is 80.7 cm³/mol. The van der Waals surface area contributed by atoms with E-state index in [4.69, 9.17) is 10.00 Å². The van der Waals surface area contributed by atoms with Crippen molar-refractivity contribution in [3.63, 3.8) is 0 Å². The molecule has 0 aliphatic heterocycles. The molecule has 108 valence electrons. The van der Waals surface area contributed by atoms with Gasteiger partial charge in [0.1, 0.15) is 11.8 Å². The van der Waals surface area contributed by atoms with Crippen LogP contribution in [-0.2, 0) is 0 Å². The second-order valence-corrected chi connectivity index (χ2v) is 5.55. The number of nitriles is 1. The van der Waals surface area contributed by atoms with Gasteiger partial charge in [0.15, 0.2) is 0 Å². The molecule has 1 aliphatic rings. The van der Waals surface area contributed by atoms with Crippen molar-refractivity contribution >= 4 is 0 Å². The number of nitrogens with zero attached hydrogens (tertiary/aromatic N) is 2. The van der Waals surface area contributed by atoms with Gasteiger partial charge in [0.25, 0.3) is 0 Å². The third kappa shape index (κ3) is 4.86. The molecule has 0 amide bonds. The van der Waals surface area contributed by atoms with Crippen molar-refractivity contribution in [1.29, 1.82) is 5.26 Å². The maximum absolute atomic E-state index is 9.00. The molecule has 0 heterocycles. The van der Waals surface area contributed by atoms with Gasteiger partial charge in [0.05, 0.1) is 12.2 Å². The standard InChI is InChI=1S/C17H24N2O/c1-2-10-19(14-15-8-9-15)11-5-12-20-17-7-4-3-6-16(17)13-18/h3-4,6-7,15H,2,5,8-12,14H2,1H3. The van der Waals surface area contributed by atoms with Crippen LogP contribution < -0.4 is 4.74 Å². The Kier molecular flexibility index (Phi) is 5.88. The molecule has 3 nitrogen and oxygen atoms in total. The Morgan fingerprint density at radius 2 is 2.10 bits per heavy atom. The molecule has 0 aromatic heterocycles. The van der Waals surface area contributed by atoms with E-state index in [1.54, 1.807) is 6.07 Å². The second kappa shape index (κ2) is 7.91. The van der Waals surface area contributed by atoms with Gasteiger partial charge in [-0.1, -0.05) is 19.1 Å². The molecule has 1 fully saturated rings. The quantitative estimate of drug-likeness (QED) is 0.646. The monoisotopic (exact) mass is 272 g/mol. The smallest absolute Gasteiger partial charge is 0.137 e. The molecule has 3 heteroatoms. The summed E-state index contributed by atoms with van der Waals surface area (Å²) in [4.78, 5) is 2.55. The Balaban J connectivity index is 1.70. The van der Waals surface area contributed by atoms with Crippen molar-refractivity contribution in [2.45, 2.75) is 32.6 Å². The van der Waals surface area contributed by atoms with Crippen LogP contribution in [-0.4, -0.2) is 31.1 Å². The van der Waals surface area contributed by atoms with Crippen LogP contribution in [0.1, 0.15) is 38.2 Å². The van der Waals surface area contributed by atoms with Gasteiger partial charge in [-0.2, -0.15) is 5.26 Å². The normalized spacial score (nSPS) is 14.2. The van der Waals surface area contributed by atoms with Gasteiger partial charge in [0.2, 0.25) is 0 Å². The van der Waals surface area contributed by atoms with E-state index in [0.717, 1.165) is 18.9 Å². The van der Waals surface area contributed by atoms with E-state index >= 15 is 0 Å². The van der Waals surface area contributed by atoms with Gasteiger partial charge in [-0.15, -0.1) is 0 Å². The highest BCUT2D eigenvalue weighted by atomic mass is 16.5. The first kappa shape index (κ1) is 14.9. The number of para-hydroxylation sites is 1. The number of benzene rings is 1. The predicted octanol–water partition coefficient (Wildman–Crippen LogP) is 3.45. The summed E-state index contributed by atoms with van der Waals surface area (Å²) in [6.45, 7) is 6.45. The summed E-state index contributed by atoms with van der Waals surface area (Å²) >= 11 is 0. The molecule has 20 heavy (non-hydrogen) atoms. The summed E-state index contributed by atoms with van der Waals surface area (Å²) in [5.74, 6) is 1.65. The lowest BCUT2D eigenvalue weighted by atomic mass is 10.2. The Labute approximate surface area is 122 Å². The molecule has 2 rings (SSSR count). The Morgan fingerprint density at radius 1 is 1.30 bits per heavy atom. The lowest BCUT2D eigenvalue weighted by Gasteiger charge is -2.21. The first-order chi connectivity index (χ1) is 9.83. The fourth-order valence-electron chi connectivity index (χ4n) is 2.43. The van der Waals surface area contributed by atoms with Crippen LogP contribution in [0.25, 0.3) is 0 Å². The average Bonchev–Trinajstić information content (AvgIpc) is 3.28. The molecule has 0 unspecified atom stereocenters. The van der Waals surface area contributed by atoms with Gasteiger partial charge in [-0.3, -0.25) is 0 Å². The topological polar surface area (TPSA) is 36.3 Å². The van der Waals surface area contributed by atoms with Crippen molar-refractivity contribution < 1.29 is 4.74 Å². The van der Waals surface area contributed by atoms with Gasteiger partial charge < -0.3 is 9.64 Å². The van der Waals surface area contributed by atoms with Crippen LogP contribution in [0.3, 0.4) is 0 Å². The summed E-state index contributed by atoms with van der Waals surface area (Å²) in [6, 6.07) is 9.60. The van der Waals surface area contributed by atoms with Crippen molar-refractivity contribution in [3.8, 4) is 11.8 Å². The van der Waals surface area contributed by atoms with Gasteiger partial charge in [-0.25, -0.2) is 0 Å². The van der Waals surface area contributed by atoms with Crippen molar-refractivity contribution in [1.82, 2.24) is 4.90 Å². The first-order valence-electron chi connectivity index (χ1n) is 7.67. The fraction of sp³-hybridized carbons (Fsp3) is 0.588. The zero-order chi connectivity index (χ0) is 14.2. The molecule has 0 radical (unpaired) electrons. The largest absolute Gasteiger partial charge is 0.492 e. The lowest BCUT2D eigenvalue weighted by molar-refractivity contribution is 0.227. The minimum Gasteiger partial charge on any atom is -0.492 e. The fourth-order valence-corrected chi connectivity index (χ4v) is 2.43. The Bertz CT molecular complexity index is 449. The summed E-state index contributed by atoms with van der Waals surface area (Å²) in [6.07, 6.45) is 5.05. The van der Waals surface area contributed by atoms with Crippen molar-refractivity contribution in [2.24, 2.45) is 5.92 Å². The van der Waals surface area contributed by atoms with Crippen LogP contribution in [0.5, 0.6) is 5.75 Å². The molecule has 1 aliphatic carbocycles. The van der Waals surface area contributed by atoms with E-state index in [2.05, 4.69) is 17.9 Å². The zero-order valence-corrected chi connectivity index (χ0v) is 12.3. The van der Waals surface area contributed by atoms with E-state index in [9.17, 15) is 0 Å². The third-order valence-corrected chi connectivity index (χ3v) is 3.64. The molecule has 0 atom stereocenters. The van der Waals surface area contributed by atoms with Crippen LogP contribution in [0.2, 0.25) is 0 Å². The summed E-state index contributed by atoms with van der Waals surface area (Å²) in [7, 11) is 0. The van der Waals surface area contributed by atoms with Gasteiger partial charge >= 0.3 is 0 Å². The van der Waals surface area contributed by atoms with Gasteiger partial charge in [0, 0.05) is 13.1 Å².